The smallest absolute Gasteiger partial charge is 0.328 e. The van der Waals surface area contributed by atoms with Gasteiger partial charge in [-0.3, -0.25) is 9.80 Å². The lowest BCUT2D eigenvalue weighted by Crippen LogP contribution is -2.50. The van der Waals surface area contributed by atoms with Gasteiger partial charge in [-0.15, -0.1) is 0 Å². The molecule has 1 unspecified atom stereocenters. The van der Waals surface area contributed by atoms with E-state index in [1.54, 1.807) is 0 Å². The van der Waals surface area contributed by atoms with Crippen LogP contribution in [0.15, 0.2) is 30.5 Å². The molecule has 1 fully saturated rings. The average Bonchev–Trinajstić information content (AvgIpc) is 3.10. The first-order valence-corrected chi connectivity index (χ1v) is 10.9. The highest BCUT2D eigenvalue weighted by atomic mass is 16.4. The number of carboxylic acid groups (broad SMARTS) is 1. The number of carbonyl (C=O) groups excluding carboxylic acids is 1. The molecule has 2 aromatic rings. The van der Waals surface area contributed by atoms with E-state index < -0.39 is 12.0 Å². The fourth-order valence-corrected chi connectivity index (χ4v) is 4.44. The monoisotopic (exact) mass is 399 g/mol. The lowest BCUT2D eigenvalue weighted by molar-refractivity contribution is -0.150. The minimum atomic E-state index is -1.06. The molecule has 158 valence electrons. The zero-order valence-corrected chi connectivity index (χ0v) is 17.3. The molecule has 3 N–H and O–H groups in total. The summed E-state index contributed by atoms with van der Waals surface area (Å²) in [6.45, 7) is 2.06. The summed E-state index contributed by atoms with van der Waals surface area (Å²) in [6, 6.07) is 7.52. The highest BCUT2D eigenvalue weighted by molar-refractivity contribution is 5.87. The third-order valence-corrected chi connectivity index (χ3v) is 6.11. The van der Waals surface area contributed by atoms with Gasteiger partial charge >= 0.3 is 5.97 Å². The molecule has 0 aliphatic heterocycles. The molecule has 1 heterocycles. The van der Waals surface area contributed by atoms with Gasteiger partial charge in [-0.1, -0.05) is 57.2 Å². The summed E-state index contributed by atoms with van der Waals surface area (Å²) in [5.74, 6) is 4.61. The van der Waals surface area contributed by atoms with Crippen molar-refractivity contribution in [1.29, 1.82) is 0 Å². The van der Waals surface area contributed by atoms with Crippen molar-refractivity contribution in [3.05, 3.63) is 36.0 Å². The maximum Gasteiger partial charge on any atom is 0.328 e. The average molecular weight is 400 g/mol. The van der Waals surface area contributed by atoms with Crippen LogP contribution in [-0.4, -0.2) is 32.6 Å². The summed E-state index contributed by atoms with van der Waals surface area (Å²) in [7, 11) is 0. The van der Waals surface area contributed by atoms with E-state index in [9.17, 15) is 14.7 Å². The Labute approximate surface area is 172 Å². The van der Waals surface area contributed by atoms with E-state index in [0.29, 0.717) is 6.04 Å². The normalized spacial score (nSPS) is 16.1. The van der Waals surface area contributed by atoms with Gasteiger partial charge in [0.1, 0.15) is 6.04 Å². The first-order chi connectivity index (χ1) is 14.0. The molecule has 1 aliphatic carbocycles. The van der Waals surface area contributed by atoms with E-state index in [4.69, 9.17) is 5.84 Å². The maximum atomic E-state index is 12.4. The van der Waals surface area contributed by atoms with Crippen LogP contribution in [0.1, 0.15) is 76.3 Å². The van der Waals surface area contributed by atoms with Gasteiger partial charge in [0.2, 0.25) is 5.91 Å². The number of nitrogens with two attached hydrogens (primary N) is 1. The van der Waals surface area contributed by atoms with Gasteiger partial charge in [-0.2, -0.15) is 0 Å². The van der Waals surface area contributed by atoms with E-state index in [2.05, 4.69) is 23.8 Å². The van der Waals surface area contributed by atoms with E-state index in [1.165, 1.54) is 19.3 Å². The number of hydrazine groups is 1. The van der Waals surface area contributed by atoms with Gasteiger partial charge in [-0.25, -0.2) is 10.6 Å². The number of aliphatic carboxylic acids is 1. The number of fused-ring (bicyclic) bond motifs is 1. The molecule has 3 rings (SSSR count). The van der Waals surface area contributed by atoms with Gasteiger partial charge in [0, 0.05) is 36.0 Å². The van der Waals surface area contributed by atoms with Crippen molar-refractivity contribution in [3.63, 3.8) is 0 Å². The predicted octanol–water partition coefficient (Wildman–Crippen LogP) is 4.42. The van der Waals surface area contributed by atoms with Crippen LogP contribution in [0, 0.1) is 0 Å². The molecular formula is C23H33N3O3. The van der Waals surface area contributed by atoms with Crippen LogP contribution in [-0.2, 0) is 16.0 Å². The van der Waals surface area contributed by atoms with Gasteiger partial charge in [-0.05, 0) is 30.9 Å². The summed E-state index contributed by atoms with van der Waals surface area (Å²) in [4.78, 5) is 24.3. The van der Waals surface area contributed by atoms with E-state index >= 15 is 0 Å². The Morgan fingerprint density at radius 1 is 1.21 bits per heavy atom. The number of rotatable bonds is 9. The number of carbonyl (C=O) groups is 2. The van der Waals surface area contributed by atoms with Crippen LogP contribution in [0.2, 0.25) is 0 Å². The number of hydrogen-bond donors (Lipinski definition) is 2. The topological polar surface area (TPSA) is 88.6 Å². The number of nitrogens with zero attached hydrogens (tertiary/aromatic N) is 2. The number of aromatic nitrogens is 1. The first-order valence-electron chi connectivity index (χ1n) is 10.9. The molecule has 6 nitrogen and oxygen atoms in total. The molecule has 1 aromatic heterocycles. The van der Waals surface area contributed by atoms with Gasteiger partial charge in [0.15, 0.2) is 0 Å². The third-order valence-electron chi connectivity index (χ3n) is 6.11. The zero-order valence-electron chi connectivity index (χ0n) is 17.3. The minimum absolute atomic E-state index is 0.214. The fourth-order valence-electron chi connectivity index (χ4n) is 4.44. The van der Waals surface area contributed by atoms with Crippen LogP contribution in [0.5, 0.6) is 0 Å². The number of para-hydroxylation sites is 1. The molecule has 0 bridgehead atoms. The van der Waals surface area contributed by atoms with Crippen molar-refractivity contribution in [2.75, 3.05) is 0 Å². The largest absolute Gasteiger partial charge is 0.480 e. The maximum absolute atomic E-state index is 12.4. The number of unbranched alkanes of at least 4 members (excludes halogenated alkanes) is 2. The second-order valence-electron chi connectivity index (χ2n) is 8.19. The Bertz CT molecular complexity index is 839. The van der Waals surface area contributed by atoms with Gasteiger partial charge < -0.3 is 9.67 Å². The van der Waals surface area contributed by atoms with Gasteiger partial charge in [0.05, 0.1) is 0 Å². The lowest BCUT2D eigenvalue weighted by atomic mass is 9.95. The molecule has 1 aliphatic rings. The number of amides is 1. The zero-order chi connectivity index (χ0) is 20.8. The number of carboxylic acids is 1. The minimum Gasteiger partial charge on any atom is -0.480 e. The van der Waals surface area contributed by atoms with Crippen molar-refractivity contribution < 1.29 is 14.7 Å². The van der Waals surface area contributed by atoms with Crippen LogP contribution >= 0.6 is 0 Å². The first kappa shape index (κ1) is 21.4. The second-order valence-corrected chi connectivity index (χ2v) is 8.19. The van der Waals surface area contributed by atoms with E-state index in [-0.39, 0.29) is 18.7 Å². The molecule has 1 atom stereocenters. The Morgan fingerprint density at radius 3 is 2.62 bits per heavy atom. The molecule has 29 heavy (non-hydrogen) atoms. The third kappa shape index (κ3) is 4.99. The summed E-state index contributed by atoms with van der Waals surface area (Å²) in [6.07, 6.45) is 11.3. The summed E-state index contributed by atoms with van der Waals surface area (Å²) < 4.78 is 2.31. The second kappa shape index (κ2) is 9.92. The van der Waals surface area contributed by atoms with Crippen LogP contribution in [0.4, 0.5) is 0 Å². The lowest BCUT2D eigenvalue weighted by Gasteiger charge is -2.25. The SMILES string of the molecule is CCCCCC(=O)N(N)C(Cc1cn(C2CCCCC2)c2ccccc12)C(=O)O. The highest BCUT2D eigenvalue weighted by Crippen LogP contribution is 2.33. The Hall–Kier alpha value is -2.34. The number of benzene rings is 1. The summed E-state index contributed by atoms with van der Waals surface area (Å²) in [5, 5.41) is 11.8. The molecule has 0 saturated heterocycles. The quantitative estimate of drug-likeness (QED) is 0.283. The van der Waals surface area contributed by atoms with E-state index in [0.717, 1.165) is 53.6 Å². The van der Waals surface area contributed by atoms with Gasteiger partial charge in [0.25, 0.3) is 0 Å². The number of hydrogen-bond acceptors (Lipinski definition) is 3. The van der Waals surface area contributed by atoms with Crippen molar-refractivity contribution in [2.24, 2.45) is 5.84 Å². The molecule has 6 heteroatoms. The molecule has 1 amide bonds. The molecular weight excluding hydrogens is 366 g/mol. The molecule has 1 aromatic carbocycles. The molecule has 0 radical (unpaired) electrons. The molecule has 1 saturated carbocycles. The Kier molecular flexibility index (Phi) is 7.31. The van der Waals surface area contributed by atoms with Crippen molar-refractivity contribution in [3.8, 4) is 0 Å². The summed E-state index contributed by atoms with van der Waals surface area (Å²) in [5.41, 5.74) is 2.08. The van der Waals surface area contributed by atoms with Crippen molar-refractivity contribution in [1.82, 2.24) is 9.58 Å². The van der Waals surface area contributed by atoms with Crippen LogP contribution in [0.25, 0.3) is 10.9 Å². The predicted molar refractivity (Wildman–Crippen MR) is 114 cm³/mol. The van der Waals surface area contributed by atoms with E-state index in [1.807, 2.05) is 18.2 Å². The van der Waals surface area contributed by atoms with Crippen LogP contribution in [0.3, 0.4) is 0 Å². The Balaban J connectivity index is 1.84. The summed E-state index contributed by atoms with van der Waals surface area (Å²) >= 11 is 0. The Morgan fingerprint density at radius 2 is 1.93 bits per heavy atom. The van der Waals surface area contributed by atoms with Crippen LogP contribution < -0.4 is 5.84 Å². The highest BCUT2D eigenvalue weighted by Gasteiger charge is 2.29. The molecule has 0 spiro atoms. The van der Waals surface area contributed by atoms with Crippen molar-refractivity contribution >= 4 is 22.8 Å². The standard InChI is InChI=1S/C23H33N3O3/c1-2-3-5-14-22(27)26(24)21(23(28)29)15-17-16-25(18-10-6-4-7-11-18)20-13-9-8-12-19(17)20/h8-9,12-13,16,18,21H,2-7,10-11,14-15,24H2,1H3,(H,28,29). The fraction of sp³-hybridized carbons (Fsp3) is 0.565. The van der Waals surface area contributed by atoms with Crippen molar-refractivity contribution in [2.45, 2.75) is 83.2 Å².